The zero-order chi connectivity index (χ0) is 25.3. The number of aryl methyl sites for hydroxylation is 2. The number of benzene rings is 2. The molecule has 194 valence electrons. The van der Waals surface area contributed by atoms with Crippen molar-refractivity contribution in [1.29, 1.82) is 0 Å². The Hall–Kier alpha value is -3.10. The molecular formula is C28H36N2O6. The Balaban J connectivity index is 1.58. The van der Waals surface area contributed by atoms with Gasteiger partial charge in [0.1, 0.15) is 36.2 Å². The summed E-state index contributed by atoms with van der Waals surface area (Å²) in [5.74, 6) is 1.46. The summed E-state index contributed by atoms with van der Waals surface area (Å²) in [7, 11) is 0. The van der Waals surface area contributed by atoms with Gasteiger partial charge in [0.05, 0.1) is 38.5 Å². The summed E-state index contributed by atoms with van der Waals surface area (Å²) in [6.45, 7) is 6.32. The van der Waals surface area contributed by atoms with Crippen LogP contribution in [-0.4, -0.2) is 74.4 Å². The van der Waals surface area contributed by atoms with E-state index in [1.807, 2.05) is 26.0 Å². The molecule has 2 aromatic carbocycles. The monoisotopic (exact) mass is 496 g/mol. The Kier molecular flexibility index (Phi) is 9.19. The second kappa shape index (κ2) is 12.7. The highest BCUT2D eigenvalue weighted by molar-refractivity contribution is 5.87. The van der Waals surface area contributed by atoms with Crippen molar-refractivity contribution in [2.75, 3.05) is 39.6 Å². The normalized spacial score (nSPS) is 21.8. The lowest BCUT2D eigenvalue weighted by Gasteiger charge is -2.25. The Morgan fingerprint density at radius 1 is 0.639 bits per heavy atom. The number of phenolic OH excluding ortho intramolecular Hbond substituents is 2. The van der Waals surface area contributed by atoms with Crippen LogP contribution < -0.4 is 9.47 Å². The second-order valence-electron chi connectivity index (χ2n) is 9.24. The number of nitrogens with zero attached hydrogens (tertiary/aromatic N) is 2. The lowest BCUT2D eigenvalue weighted by atomic mass is 9.91. The molecule has 7 rings (SSSR count). The van der Waals surface area contributed by atoms with Gasteiger partial charge in [0, 0.05) is 35.7 Å². The average molecular weight is 497 g/mol. The van der Waals surface area contributed by atoms with Crippen molar-refractivity contribution in [3.05, 3.63) is 46.5 Å². The smallest absolute Gasteiger partial charge is 0.128 e. The van der Waals surface area contributed by atoms with Crippen LogP contribution in [0.4, 0.5) is 0 Å². The number of phenols is 2. The van der Waals surface area contributed by atoms with Crippen LogP contribution in [-0.2, 0) is 9.47 Å². The minimum atomic E-state index is 0.0116. The van der Waals surface area contributed by atoms with Crippen molar-refractivity contribution in [3.63, 3.8) is 0 Å². The third kappa shape index (κ3) is 6.98. The summed E-state index contributed by atoms with van der Waals surface area (Å²) in [4.78, 5) is 9.66. The number of aliphatic imine (C=N–C) groups is 2. The number of hydrogen-bond donors (Lipinski definition) is 2. The number of aromatic hydroxyl groups is 2. The van der Waals surface area contributed by atoms with E-state index in [1.54, 1.807) is 24.6 Å². The van der Waals surface area contributed by atoms with Crippen LogP contribution in [0.15, 0.2) is 34.3 Å². The van der Waals surface area contributed by atoms with Gasteiger partial charge in [-0.05, 0) is 49.9 Å². The maximum Gasteiger partial charge on any atom is 0.128 e. The maximum atomic E-state index is 10.6. The Labute approximate surface area is 212 Å². The average Bonchev–Trinajstić information content (AvgIpc) is 2.84. The molecule has 8 heteroatoms. The van der Waals surface area contributed by atoms with E-state index in [2.05, 4.69) is 0 Å². The van der Waals surface area contributed by atoms with Gasteiger partial charge >= 0.3 is 0 Å². The predicted molar refractivity (Wildman–Crippen MR) is 140 cm³/mol. The third-order valence-electron chi connectivity index (χ3n) is 6.53. The molecule has 4 bridgehead atoms. The van der Waals surface area contributed by atoms with Gasteiger partial charge < -0.3 is 29.2 Å². The molecule has 0 saturated heterocycles. The zero-order valence-electron chi connectivity index (χ0n) is 21.1. The summed E-state index contributed by atoms with van der Waals surface area (Å²) in [6, 6.07) is 7.04. The first-order chi connectivity index (χ1) is 17.5. The highest BCUT2D eigenvalue weighted by Gasteiger charge is 2.24. The summed E-state index contributed by atoms with van der Waals surface area (Å²) in [6.07, 6.45) is 7.55. The van der Waals surface area contributed by atoms with Crippen LogP contribution in [0.3, 0.4) is 0 Å². The van der Waals surface area contributed by atoms with Gasteiger partial charge in [-0.2, -0.15) is 0 Å². The maximum absolute atomic E-state index is 10.6. The lowest BCUT2D eigenvalue weighted by Crippen LogP contribution is -2.27. The largest absolute Gasteiger partial charge is 0.507 e. The number of ether oxygens (including phenoxy) is 4. The van der Waals surface area contributed by atoms with Crippen LogP contribution >= 0.6 is 0 Å². The SMILES string of the molecule is Cc1cc2cc(O)c1C=N[C@@H]1CCCC[C@H]1N=Cc1c(C)cc(cc1O)OCCOCCOCCO2. The second-order valence-corrected chi connectivity index (χ2v) is 9.24. The summed E-state index contributed by atoms with van der Waals surface area (Å²) < 4.78 is 22.6. The van der Waals surface area contributed by atoms with E-state index >= 15 is 0 Å². The van der Waals surface area contributed by atoms with E-state index < -0.39 is 0 Å². The zero-order valence-corrected chi connectivity index (χ0v) is 21.1. The molecule has 0 radical (unpaired) electrons. The van der Waals surface area contributed by atoms with E-state index in [0.717, 1.165) is 36.8 Å². The molecule has 1 fully saturated rings. The standard InChI is InChI=1S/C28H36N2O6/c1-19-13-21-15-27(31)23(19)17-29-25-5-3-4-6-26(25)30-18-24-20(2)14-22(16-28(24)32)36-12-10-34-8-7-33-9-11-35-21/h13-18,25-26,31-32H,3-12H2,1-2H3/t25-,26-/m1/s1. The summed E-state index contributed by atoms with van der Waals surface area (Å²) in [5, 5.41) is 21.2. The van der Waals surface area contributed by atoms with E-state index in [9.17, 15) is 10.2 Å². The summed E-state index contributed by atoms with van der Waals surface area (Å²) >= 11 is 0. The Bertz CT molecular complexity index is 952. The molecule has 2 atom stereocenters. The van der Waals surface area contributed by atoms with Crippen molar-refractivity contribution in [2.45, 2.75) is 51.6 Å². The van der Waals surface area contributed by atoms with Crippen molar-refractivity contribution in [1.82, 2.24) is 0 Å². The molecule has 4 heterocycles. The lowest BCUT2D eigenvalue weighted by molar-refractivity contribution is 0.0273. The number of hydrogen-bond acceptors (Lipinski definition) is 8. The van der Waals surface area contributed by atoms with Crippen LogP contribution in [0.5, 0.6) is 23.0 Å². The van der Waals surface area contributed by atoms with Crippen LogP contribution in [0, 0.1) is 13.8 Å². The molecule has 0 aromatic heterocycles. The Morgan fingerprint density at radius 2 is 1.06 bits per heavy atom. The fourth-order valence-corrected chi connectivity index (χ4v) is 4.54. The molecule has 2 N–H and O–H groups in total. The molecule has 8 nitrogen and oxygen atoms in total. The van der Waals surface area contributed by atoms with Crippen molar-refractivity contribution in [3.8, 4) is 23.0 Å². The van der Waals surface area contributed by atoms with Gasteiger partial charge in [0.25, 0.3) is 0 Å². The quantitative estimate of drug-likeness (QED) is 0.562. The fraction of sp³-hybridized carbons (Fsp3) is 0.500. The molecule has 5 aliphatic rings. The van der Waals surface area contributed by atoms with Gasteiger partial charge in [-0.3, -0.25) is 9.98 Å². The molecule has 36 heavy (non-hydrogen) atoms. The van der Waals surface area contributed by atoms with E-state index in [4.69, 9.17) is 28.9 Å². The molecule has 4 aliphatic heterocycles. The predicted octanol–water partition coefficient (Wildman–Crippen LogP) is 4.37. The fourth-order valence-electron chi connectivity index (χ4n) is 4.54. The first-order valence-corrected chi connectivity index (χ1v) is 12.7. The molecule has 0 spiro atoms. The molecule has 1 saturated carbocycles. The van der Waals surface area contributed by atoms with Crippen molar-refractivity contribution in [2.24, 2.45) is 9.98 Å². The van der Waals surface area contributed by atoms with E-state index in [1.165, 1.54) is 0 Å². The van der Waals surface area contributed by atoms with E-state index in [-0.39, 0.29) is 23.6 Å². The molecule has 2 aromatic rings. The molecular weight excluding hydrogens is 460 g/mol. The minimum absolute atomic E-state index is 0.0116. The van der Waals surface area contributed by atoms with E-state index in [0.29, 0.717) is 62.3 Å². The molecule has 0 amide bonds. The van der Waals surface area contributed by atoms with Gasteiger partial charge in [-0.15, -0.1) is 0 Å². The molecule has 1 aliphatic carbocycles. The van der Waals surface area contributed by atoms with Crippen LogP contribution in [0.25, 0.3) is 0 Å². The first-order valence-electron chi connectivity index (χ1n) is 12.7. The Morgan fingerprint density at radius 3 is 1.47 bits per heavy atom. The first kappa shape index (κ1) is 26.0. The van der Waals surface area contributed by atoms with Gasteiger partial charge in [0.2, 0.25) is 0 Å². The van der Waals surface area contributed by atoms with Gasteiger partial charge in [-0.25, -0.2) is 0 Å². The van der Waals surface area contributed by atoms with Gasteiger partial charge in [0.15, 0.2) is 0 Å². The highest BCUT2D eigenvalue weighted by atomic mass is 16.6. The van der Waals surface area contributed by atoms with Gasteiger partial charge in [-0.1, -0.05) is 12.8 Å². The highest BCUT2D eigenvalue weighted by Crippen LogP contribution is 2.30. The topological polar surface area (TPSA) is 102 Å². The minimum Gasteiger partial charge on any atom is -0.507 e. The number of rotatable bonds is 0. The van der Waals surface area contributed by atoms with Crippen LogP contribution in [0.1, 0.15) is 47.9 Å². The molecule has 0 unspecified atom stereocenters. The third-order valence-corrected chi connectivity index (χ3v) is 6.53. The summed E-state index contributed by atoms with van der Waals surface area (Å²) in [5.41, 5.74) is 3.14. The van der Waals surface area contributed by atoms with Crippen LogP contribution in [0.2, 0.25) is 0 Å². The van der Waals surface area contributed by atoms with Crippen molar-refractivity contribution < 1.29 is 29.2 Å². The van der Waals surface area contributed by atoms with Crippen molar-refractivity contribution >= 4 is 12.4 Å².